The average molecular weight is 480 g/mol. The number of methoxy groups -OCH3 is 1. The zero-order valence-electron chi connectivity index (χ0n) is 18.0. The van der Waals surface area contributed by atoms with Gasteiger partial charge in [0.1, 0.15) is 17.5 Å². The lowest BCUT2D eigenvalue weighted by atomic mass is 10.1. The molecule has 0 aromatic heterocycles. The predicted molar refractivity (Wildman–Crippen MR) is 127 cm³/mol. The van der Waals surface area contributed by atoms with Gasteiger partial charge in [0.15, 0.2) is 18.1 Å². The van der Waals surface area contributed by atoms with Crippen LogP contribution in [0.25, 0.3) is 6.08 Å². The summed E-state index contributed by atoms with van der Waals surface area (Å²) in [6.45, 7) is -0.291. The fraction of sp³-hybridized carbons (Fsp3) is 0.0800. The molecule has 0 unspecified atom stereocenters. The van der Waals surface area contributed by atoms with Crippen molar-refractivity contribution in [3.05, 3.63) is 88.7 Å². The van der Waals surface area contributed by atoms with E-state index in [9.17, 15) is 19.2 Å². The van der Waals surface area contributed by atoms with Crippen molar-refractivity contribution in [3.63, 3.8) is 0 Å². The Morgan fingerprint density at radius 3 is 2.47 bits per heavy atom. The Morgan fingerprint density at radius 2 is 1.79 bits per heavy atom. The van der Waals surface area contributed by atoms with Crippen LogP contribution in [0.3, 0.4) is 0 Å². The summed E-state index contributed by atoms with van der Waals surface area (Å²) in [4.78, 5) is 24.6. The maximum Gasteiger partial charge on any atom is 0.266 e. The molecular formula is C25H19ClFN3O4. The molecule has 34 heavy (non-hydrogen) atoms. The number of hydrogen-bond donors (Lipinski definition) is 2. The zero-order valence-corrected chi connectivity index (χ0v) is 18.7. The molecule has 3 aromatic carbocycles. The summed E-state index contributed by atoms with van der Waals surface area (Å²) in [5, 5.41) is 15.0. The molecule has 0 heterocycles. The van der Waals surface area contributed by atoms with Crippen molar-refractivity contribution in [3.8, 4) is 17.6 Å². The summed E-state index contributed by atoms with van der Waals surface area (Å²) in [6.07, 6.45) is 1.37. The quantitative estimate of drug-likeness (QED) is 0.348. The summed E-state index contributed by atoms with van der Waals surface area (Å²) in [5.74, 6) is -0.906. The van der Waals surface area contributed by atoms with Gasteiger partial charge in [0.25, 0.3) is 11.8 Å². The molecule has 0 bridgehead atoms. The monoisotopic (exact) mass is 479 g/mol. The van der Waals surface area contributed by atoms with Crippen molar-refractivity contribution >= 4 is 40.9 Å². The van der Waals surface area contributed by atoms with Gasteiger partial charge in [0.05, 0.1) is 17.8 Å². The Morgan fingerprint density at radius 1 is 1.06 bits per heavy atom. The Hall–Kier alpha value is -4.35. The van der Waals surface area contributed by atoms with Crippen LogP contribution in [0, 0.1) is 17.1 Å². The van der Waals surface area contributed by atoms with Gasteiger partial charge in [-0.05, 0) is 60.2 Å². The van der Waals surface area contributed by atoms with E-state index in [0.29, 0.717) is 33.5 Å². The summed E-state index contributed by atoms with van der Waals surface area (Å²) in [5.41, 5.74) is 1.15. The van der Waals surface area contributed by atoms with Gasteiger partial charge in [0, 0.05) is 5.69 Å². The highest BCUT2D eigenvalue weighted by Crippen LogP contribution is 2.29. The van der Waals surface area contributed by atoms with E-state index in [0.717, 1.165) is 0 Å². The molecule has 0 aliphatic heterocycles. The summed E-state index contributed by atoms with van der Waals surface area (Å²) in [7, 11) is 1.42. The number of anilines is 2. The molecule has 0 aliphatic rings. The van der Waals surface area contributed by atoms with Gasteiger partial charge in [0.2, 0.25) is 0 Å². The molecule has 0 spiro atoms. The average Bonchev–Trinajstić information content (AvgIpc) is 2.84. The molecule has 2 amide bonds. The molecule has 2 N–H and O–H groups in total. The van der Waals surface area contributed by atoms with Gasteiger partial charge in [-0.15, -0.1) is 0 Å². The van der Waals surface area contributed by atoms with Gasteiger partial charge < -0.3 is 20.1 Å². The SMILES string of the molecule is COc1cc(/C=C(\C#N)C(=O)Nc2ccc(F)cc2)ccc1OCC(=O)Nc1ccccc1Cl. The fourth-order valence-corrected chi connectivity index (χ4v) is 3.02. The molecule has 0 aliphatic carbocycles. The van der Waals surface area contributed by atoms with Crippen molar-refractivity contribution in [1.29, 1.82) is 5.26 Å². The Labute approximate surface area is 200 Å². The van der Waals surface area contributed by atoms with Crippen LogP contribution in [0.4, 0.5) is 15.8 Å². The molecule has 3 aromatic rings. The minimum atomic E-state index is -0.648. The number of hydrogen-bond acceptors (Lipinski definition) is 5. The Balaban J connectivity index is 1.68. The number of para-hydroxylation sites is 1. The smallest absolute Gasteiger partial charge is 0.266 e. The van der Waals surface area contributed by atoms with Crippen molar-refractivity contribution in [2.24, 2.45) is 0 Å². The number of nitrogens with zero attached hydrogens (tertiary/aromatic N) is 1. The lowest BCUT2D eigenvalue weighted by Gasteiger charge is -2.12. The zero-order chi connectivity index (χ0) is 24.5. The number of ether oxygens (including phenoxy) is 2. The van der Waals surface area contributed by atoms with E-state index < -0.39 is 17.6 Å². The third kappa shape index (κ3) is 6.58. The van der Waals surface area contributed by atoms with Crippen LogP contribution in [0.15, 0.2) is 72.3 Å². The second kappa shape index (κ2) is 11.5. The molecule has 172 valence electrons. The number of carbonyl (C=O) groups is 2. The molecule has 9 heteroatoms. The second-order valence-electron chi connectivity index (χ2n) is 6.86. The van der Waals surface area contributed by atoms with Crippen LogP contribution < -0.4 is 20.1 Å². The number of nitriles is 1. The highest BCUT2D eigenvalue weighted by molar-refractivity contribution is 6.33. The number of halogens is 2. The van der Waals surface area contributed by atoms with Crippen LogP contribution in [0.2, 0.25) is 5.02 Å². The molecule has 0 radical (unpaired) electrons. The van der Waals surface area contributed by atoms with Crippen LogP contribution in [0.1, 0.15) is 5.56 Å². The summed E-state index contributed by atoms with van der Waals surface area (Å²) in [6, 6.07) is 18.5. The van der Waals surface area contributed by atoms with Gasteiger partial charge in [-0.25, -0.2) is 4.39 Å². The molecule has 0 fully saturated rings. The highest BCUT2D eigenvalue weighted by atomic mass is 35.5. The van der Waals surface area contributed by atoms with E-state index in [1.807, 2.05) is 6.07 Å². The first kappa shape index (κ1) is 24.3. The van der Waals surface area contributed by atoms with Crippen molar-refractivity contribution < 1.29 is 23.5 Å². The van der Waals surface area contributed by atoms with Gasteiger partial charge in [-0.1, -0.05) is 29.8 Å². The van der Waals surface area contributed by atoms with E-state index in [4.69, 9.17) is 21.1 Å². The topological polar surface area (TPSA) is 100 Å². The van der Waals surface area contributed by atoms with Crippen molar-refractivity contribution in [2.45, 2.75) is 0 Å². The van der Waals surface area contributed by atoms with Gasteiger partial charge in [-0.2, -0.15) is 5.26 Å². The minimum absolute atomic E-state index is 0.167. The van der Waals surface area contributed by atoms with Crippen molar-refractivity contribution in [2.75, 3.05) is 24.4 Å². The normalized spacial score (nSPS) is 10.7. The predicted octanol–water partition coefficient (Wildman–Crippen LogP) is 5.05. The number of benzene rings is 3. The summed E-state index contributed by atoms with van der Waals surface area (Å²) >= 11 is 6.03. The lowest BCUT2D eigenvalue weighted by Crippen LogP contribution is -2.20. The minimum Gasteiger partial charge on any atom is -0.493 e. The number of nitrogens with one attached hydrogen (secondary N) is 2. The second-order valence-corrected chi connectivity index (χ2v) is 7.27. The van der Waals surface area contributed by atoms with E-state index in [1.165, 1.54) is 37.5 Å². The lowest BCUT2D eigenvalue weighted by molar-refractivity contribution is -0.118. The first-order valence-electron chi connectivity index (χ1n) is 9.93. The first-order chi connectivity index (χ1) is 16.4. The van der Waals surface area contributed by atoms with Crippen LogP contribution in [-0.2, 0) is 9.59 Å². The van der Waals surface area contributed by atoms with E-state index in [-0.39, 0.29) is 12.2 Å². The van der Waals surface area contributed by atoms with Crippen LogP contribution >= 0.6 is 11.6 Å². The molecule has 0 atom stereocenters. The number of rotatable bonds is 8. The van der Waals surface area contributed by atoms with Crippen LogP contribution in [-0.4, -0.2) is 25.5 Å². The van der Waals surface area contributed by atoms with E-state index >= 15 is 0 Å². The van der Waals surface area contributed by atoms with E-state index in [1.54, 1.807) is 42.5 Å². The van der Waals surface area contributed by atoms with Gasteiger partial charge >= 0.3 is 0 Å². The number of carbonyl (C=O) groups excluding carboxylic acids is 2. The van der Waals surface area contributed by atoms with Gasteiger partial charge in [-0.3, -0.25) is 9.59 Å². The third-order valence-electron chi connectivity index (χ3n) is 4.47. The fourth-order valence-electron chi connectivity index (χ4n) is 2.83. The Bertz CT molecular complexity index is 1270. The Kier molecular flexibility index (Phi) is 8.21. The molecule has 0 saturated heterocycles. The van der Waals surface area contributed by atoms with Crippen LogP contribution in [0.5, 0.6) is 11.5 Å². The first-order valence-corrected chi connectivity index (χ1v) is 10.3. The molecule has 0 saturated carbocycles. The molecule has 7 nitrogen and oxygen atoms in total. The number of amides is 2. The summed E-state index contributed by atoms with van der Waals surface area (Å²) < 4.78 is 23.9. The maximum absolute atomic E-state index is 13.0. The highest BCUT2D eigenvalue weighted by Gasteiger charge is 2.13. The van der Waals surface area contributed by atoms with E-state index in [2.05, 4.69) is 10.6 Å². The molecular weight excluding hydrogens is 461 g/mol. The maximum atomic E-state index is 13.0. The standard InChI is InChI=1S/C25H19ClFN3O4/c1-33-23-13-16(12-17(14-28)25(32)29-19-9-7-18(27)8-10-19)6-11-22(23)34-15-24(31)30-21-5-3-2-4-20(21)26/h2-13H,15H2,1H3,(H,29,32)(H,30,31)/b17-12+. The largest absolute Gasteiger partial charge is 0.493 e. The third-order valence-corrected chi connectivity index (χ3v) is 4.80. The van der Waals surface area contributed by atoms with Crippen molar-refractivity contribution in [1.82, 2.24) is 0 Å². The molecule has 3 rings (SSSR count).